The number of carbonyl (C=O) groups is 1. The molecule has 0 fully saturated rings. The van der Waals surface area contributed by atoms with Crippen LogP contribution in [0.3, 0.4) is 0 Å². The summed E-state index contributed by atoms with van der Waals surface area (Å²) in [6.07, 6.45) is 1.81. The molecule has 0 radical (unpaired) electrons. The second-order valence-electron chi connectivity index (χ2n) is 4.23. The number of fused-ring (bicyclic) bond motifs is 1. The van der Waals surface area contributed by atoms with Crippen LogP contribution in [0.25, 0.3) is 10.9 Å². The molecule has 2 N–H and O–H groups in total. The van der Waals surface area contributed by atoms with Crippen molar-refractivity contribution in [3.63, 3.8) is 0 Å². The fourth-order valence-corrected chi connectivity index (χ4v) is 1.87. The Morgan fingerprint density at radius 2 is 2.18 bits per heavy atom. The minimum Gasteiger partial charge on any atom is -0.394 e. The van der Waals surface area contributed by atoms with Crippen molar-refractivity contribution in [3.8, 4) is 0 Å². The lowest BCUT2D eigenvalue weighted by Crippen LogP contribution is -2.34. The highest BCUT2D eigenvalue weighted by Gasteiger charge is 2.14. The number of nitrogens with zero attached hydrogens (tertiary/aromatic N) is 1. The van der Waals surface area contributed by atoms with Gasteiger partial charge in [-0.1, -0.05) is 18.2 Å². The number of aryl methyl sites for hydroxylation is 1. The van der Waals surface area contributed by atoms with E-state index in [4.69, 9.17) is 5.11 Å². The number of amides is 1. The van der Waals surface area contributed by atoms with E-state index in [1.807, 2.05) is 42.1 Å². The highest BCUT2D eigenvalue weighted by atomic mass is 16.3. The van der Waals surface area contributed by atoms with E-state index in [1.54, 1.807) is 6.92 Å². The van der Waals surface area contributed by atoms with Gasteiger partial charge in [-0.25, -0.2) is 0 Å². The maximum atomic E-state index is 12.0. The summed E-state index contributed by atoms with van der Waals surface area (Å²) < 4.78 is 1.92. The molecule has 0 aliphatic heterocycles. The van der Waals surface area contributed by atoms with Gasteiger partial charge >= 0.3 is 0 Å². The van der Waals surface area contributed by atoms with Crippen molar-refractivity contribution in [1.29, 1.82) is 0 Å². The number of rotatable bonds is 3. The van der Waals surface area contributed by atoms with E-state index >= 15 is 0 Å². The van der Waals surface area contributed by atoms with E-state index in [0.29, 0.717) is 5.56 Å². The fraction of sp³-hybridized carbons (Fsp3) is 0.308. The number of aliphatic hydroxyl groups is 1. The Balaban J connectivity index is 2.39. The summed E-state index contributed by atoms with van der Waals surface area (Å²) in [5.74, 6) is -0.150. The minimum atomic E-state index is -0.235. The average Bonchev–Trinajstić information content (AvgIpc) is 2.67. The largest absolute Gasteiger partial charge is 0.394 e. The molecule has 2 rings (SSSR count). The van der Waals surface area contributed by atoms with Gasteiger partial charge < -0.3 is 15.0 Å². The number of para-hydroxylation sites is 1. The lowest BCUT2D eigenvalue weighted by molar-refractivity contribution is 0.0924. The summed E-state index contributed by atoms with van der Waals surface area (Å²) in [4.78, 5) is 12.0. The van der Waals surface area contributed by atoms with Crippen LogP contribution in [0.5, 0.6) is 0 Å². The molecule has 4 heteroatoms. The first-order valence-corrected chi connectivity index (χ1v) is 5.59. The highest BCUT2D eigenvalue weighted by molar-refractivity contribution is 6.07. The second kappa shape index (κ2) is 4.59. The van der Waals surface area contributed by atoms with Crippen molar-refractivity contribution in [2.45, 2.75) is 13.0 Å². The van der Waals surface area contributed by atoms with Crippen molar-refractivity contribution in [1.82, 2.24) is 9.88 Å². The van der Waals surface area contributed by atoms with Crippen LogP contribution in [-0.2, 0) is 7.05 Å². The molecular weight excluding hydrogens is 216 g/mol. The maximum Gasteiger partial charge on any atom is 0.253 e. The van der Waals surface area contributed by atoms with Gasteiger partial charge in [0, 0.05) is 30.2 Å². The molecule has 0 bridgehead atoms. The van der Waals surface area contributed by atoms with Crippen LogP contribution in [0.2, 0.25) is 0 Å². The van der Waals surface area contributed by atoms with Gasteiger partial charge in [0.05, 0.1) is 12.2 Å². The number of benzene rings is 1. The Labute approximate surface area is 99.9 Å². The summed E-state index contributed by atoms with van der Waals surface area (Å²) in [6.45, 7) is 1.71. The monoisotopic (exact) mass is 232 g/mol. The van der Waals surface area contributed by atoms with Gasteiger partial charge in [-0.2, -0.15) is 0 Å². The molecule has 1 atom stereocenters. The third-order valence-corrected chi connectivity index (χ3v) is 2.79. The predicted octanol–water partition coefficient (Wildman–Crippen LogP) is 1.29. The third kappa shape index (κ3) is 2.17. The van der Waals surface area contributed by atoms with Crippen molar-refractivity contribution < 1.29 is 9.90 Å². The van der Waals surface area contributed by atoms with Gasteiger partial charge in [-0.3, -0.25) is 4.79 Å². The number of hydrogen-bond donors (Lipinski definition) is 2. The van der Waals surface area contributed by atoms with Crippen LogP contribution in [0.15, 0.2) is 30.5 Å². The Hall–Kier alpha value is -1.81. The Morgan fingerprint density at radius 3 is 2.88 bits per heavy atom. The van der Waals surface area contributed by atoms with Crippen LogP contribution in [0.4, 0.5) is 0 Å². The number of nitrogens with one attached hydrogen (secondary N) is 1. The van der Waals surface area contributed by atoms with Crippen LogP contribution < -0.4 is 5.32 Å². The molecule has 17 heavy (non-hydrogen) atoms. The molecule has 0 spiro atoms. The molecule has 2 aromatic rings. The molecule has 0 saturated carbocycles. The van der Waals surface area contributed by atoms with Crippen molar-refractivity contribution in [2.75, 3.05) is 6.61 Å². The summed E-state index contributed by atoms with van der Waals surface area (Å²) >= 11 is 0. The van der Waals surface area contributed by atoms with Crippen molar-refractivity contribution >= 4 is 16.8 Å². The third-order valence-electron chi connectivity index (χ3n) is 2.79. The average molecular weight is 232 g/mol. The van der Waals surface area contributed by atoms with E-state index in [-0.39, 0.29) is 18.6 Å². The van der Waals surface area contributed by atoms with Gasteiger partial charge in [0.1, 0.15) is 0 Å². The maximum absolute atomic E-state index is 12.0. The summed E-state index contributed by atoms with van der Waals surface area (Å²) in [6, 6.07) is 7.52. The second-order valence-corrected chi connectivity index (χ2v) is 4.23. The van der Waals surface area contributed by atoms with Crippen LogP contribution in [-0.4, -0.2) is 28.2 Å². The molecule has 1 aromatic heterocycles. The predicted molar refractivity (Wildman–Crippen MR) is 66.9 cm³/mol. The van der Waals surface area contributed by atoms with Gasteiger partial charge in [-0.15, -0.1) is 0 Å². The molecule has 0 aliphatic carbocycles. The molecule has 0 saturated heterocycles. The standard InChI is InChI=1S/C13H16N2O2/c1-9(8-16)14-13(17)11-7-15(2)12-6-4-3-5-10(11)12/h3-7,9,16H,8H2,1-2H3,(H,14,17)/t9-/m0/s1. The number of aliphatic hydroxyl groups excluding tert-OH is 1. The first kappa shape index (κ1) is 11.7. The Bertz CT molecular complexity index is 545. The lowest BCUT2D eigenvalue weighted by atomic mass is 10.1. The molecule has 1 heterocycles. The first-order valence-electron chi connectivity index (χ1n) is 5.59. The SMILES string of the molecule is C[C@@H](CO)NC(=O)c1cn(C)c2ccccc12. The summed E-state index contributed by atoms with van der Waals surface area (Å²) in [5, 5.41) is 12.6. The number of carbonyl (C=O) groups excluding carboxylic acids is 1. The number of hydrogen-bond acceptors (Lipinski definition) is 2. The molecule has 0 aliphatic rings. The highest BCUT2D eigenvalue weighted by Crippen LogP contribution is 2.20. The van der Waals surface area contributed by atoms with E-state index in [0.717, 1.165) is 10.9 Å². The zero-order valence-corrected chi connectivity index (χ0v) is 9.97. The van der Waals surface area contributed by atoms with Crippen molar-refractivity contribution in [3.05, 3.63) is 36.0 Å². The summed E-state index contributed by atoms with van der Waals surface area (Å²) in [7, 11) is 1.91. The minimum absolute atomic E-state index is 0.0590. The van der Waals surface area contributed by atoms with Gasteiger partial charge in [-0.05, 0) is 13.0 Å². The smallest absolute Gasteiger partial charge is 0.253 e. The van der Waals surface area contributed by atoms with Gasteiger partial charge in [0.15, 0.2) is 0 Å². The van der Waals surface area contributed by atoms with Crippen LogP contribution >= 0.6 is 0 Å². The lowest BCUT2D eigenvalue weighted by Gasteiger charge is -2.09. The van der Waals surface area contributed by atoms with E-state index in [9.17, 15) is 4.79 Å². The molecule has 90 valence electrons. The topological polar surface area (TPSA) is 54.3 Å². The van der Waals surface area contributed by atoms with Crippen LogP contribution in [0, 0.1) is 0 Å². The molecule has 4 nitrogen and oxygen atoms in total. The van der Waals surface area contributed by atoms with Gasteiger partial charge in [0.25, 0.3) is 5.91 Å². The number of aromatic nitrogens is 1. The van der Waals surface area contributed by atoms with Crippen LogP contribution in [0.1, 0.15) is 17.3 Å². The molecule has 0 unspecified atom stereocenters. The fourth-order valence-electron chi connectivity index (χ4n) is 1.87. The molecule has 1 aromatic carbocycles. The van der Waals surface area contributed by atoms with E-state index < -0.39 is 0 Å². The van der Waals surface area contributed by atoms with E-state index in [1.165, 1.54) is 0 Å². The molecule has 1 amide bonds. The zero-order valence-electron chi connectivity index (χ0n) is 9.97. The summed E-state index contributed by atoms with van der Waals surface area (Å²) in [5.41, 5.74) is 1.66. The quantitative estimate of drug-likeness (QED) is 0.837. The normalized spacial score (nSPS) is 12.6. The van der Waals surface area contributed by atoms with Crippen molar-refractivity contribution in [2.24, 2.45) is 7.05 Å². The van der Waals surface area contributed by atoms with Gasteiger partial charge in [0.2, 0.25) is 0 Å². The molecular formula is C13H16N2O2. The Kier molecular flexibility index (Phi) is 3.15. The first-order chi connectivity index (χ1) is 8.13. The Morgan fingerprint density at radius 1 is 1.47 bits per heavy atom. The zero-order chi connectivity index (χ0) is 12.4. The van der Waals surface area contributed by atoms with E-state index in [2.05, 4.69) is 5.32 Å².